The average molecular weight is 333 g/mol. The summed E-state index contributed by atoms with van der Waals surface area (Å²) in [6.07, 6.45) is 0. The first kappa shape index (κ1) is 17.0. The second-order valence-electron chi connectivity index (χ2n) is 6.33. The smallest absolute Gasteiger partial charge is 0.239 e. The average Bonchev–Trinajstić information content (AvgIpc) is 2.68. The topological polar surface area (TPSA) is 45.2 Å². The lowest BCUT2D eigenvalue weighted by Gasteiger charge is -2.40. The summed E-state index contributed by atoms with van der Waals surface area (Å²) < 4.78 is 10.5. The van der Waals surface area contributed by atoms with Gasteiger partial charge in [-0.2, -0.15) is 0 Å². The fraction of sp³-hybridized carbons (Fsp3) is 0.611. The first-order valence-corrected chi connectivity index (χ1v) is 8.68. The van der Waals surface area contributed by atoms with Crippen molar-refractivity contribution >= 4 is 11.6 Å². The third-order valence-corrected chi connectivity index (χ3v) is 4.98. The molecule has 0 spiro atoms. The number of morpholine rings is 1. The predicted molar refractivity (Wildman–Crippen MR) is 93.6 cm³/mol. The van der Waals surface area contributed by atoms with E-state index in [4.69, 9.17) is 9.47 Å². The van der Waals surface area contributed by atoms with E-state index in [0.29, 0.717) is 13.2 Å². The van der Waals surface area contributed by atoms with Gasteiger partial charge in [0, 0.05) is 45.0 Å². The molecule has 0 saturated carbocycles. The zero-order valence-electron chi connectivity index (χ0n) is 14.6. The van der Waals surface area contributed by atoms with Gasteiger partial charge in [0.15, 0.2) is 0 Å². The van der Waals surface area contributed by atoms with Gasteiger partial charge in [-0.15, -0.1) is 0 Å². The summed E-state index contributed by atoms with van der Waals surface area (Å²) >= 11 is 0. The van der Waals surface area contributed by atoms with Gasteiger partial charge < -0.3 is 19.3 Å². The summed E-state index contributed by atoms with van der Waals surface area (Å²) in [4.78, 5) is 19.2. The lowest BCUT2D eigenvalue weighted by molar-refractivity contribution is -0.140. The first-order valence-electron chi connectivity index (χ1n) is 8.68. The van der Waals surface area contributed by atoms with Gasteiger partial charge in [0.1, 0.15) is 5.75 Å². The summed E-state index contributed by atoms with van der Waals surface area (Å²) in [5, 5.41) is 0. The van der Waals surface area contributed by atoms with Gasteiger partial charge in [0.25, 0.3) is 0 Å². The summed E-state index contributed by atoms with van der Waals surface area (Å²) in [6, 6.07) is 8.12. The maximum Gasteiger partial charge on any atom is 0.239 e. The van der Waals surface area contributed by atoms with Crippen LogP contribution in [0.2, 0.25) is 0 Å². The van der Waals surface area contributed by atoms with Crippen LogP contribution in [0, 0.1) is 0 Å². The van der Waals surface area contributed by atoms with E-state index in [9.17, 15) is 4.79 Å². The Morgan fingerprint density at radius 1 is 1.04 bits per heavy atom. The number of benzene rings is 1. The van der Waals surface area contributed by atoms with E-state index in [1.165, 1.54) is 5.69 Å². The van der Waals surface area contributed by atoms with E-state index in [1.807, 2.05) is 24.0 Å². The Bertz CT molecular complexity index is 535. The van der Waals surface area contributed by atoms with Gasteiger partial charge in [-0.1, -0.05) is 0 Å². The van der Waals surface area contributed by atoms with E-state index in [2.05, 4.69) is 21.9 Å². The molecule has 6 heteroatoms. The summed E-state index contributed by atoms with van der Waals surface area (Å²) in [5.74, 6) is 1.11. The number of amides is 1. The number of anilines is 1. The van der Waals surface area contributed by atoms with Gasteiger partial charge in [0.05, 0.1) is 26.4 Å². The monoisotopic (exact) mass is 333 g/mol. The molecule has 132 valence electrons. The maximum atomic E-state index is 12.6. The van der Waals surface area contributed by atoms with Crippen LogP contribution in [0.1, 0.15) is 6.92 Å². The van der Waals surface area contributed by atoms with Crippen LogP contribution in [0.25, 0.3) is 0 Å². The fourth-order valence-corrected chi connectivity index (χ4v) is 3.36. The molecule has 0 aliphatic carbocycles. The molecule has 2 aliphatic rings. The summed E-state index contributed by atoms with van der Waals surface area (Å²) in [6.45, 7) is 8.46. The van der Waals surface area contributed by atoms with E-state index in [0.717, 1.165) is 45.0 Å². The molecule has 24 heavy (non-hydrogen) atoms. The van der Waals surface area contributed by atoms with Crippen molar-refractivity contribution < 1.29 is 14.3 Å². The third-order valence-electron chi connectivity index (χ3n) is 4.98. The Balaban J connectivity index is 1.52. The highest BCUT2D eigenvalue weighted by molar-refractivity contribution is 5.81. The highest BCUT2D eigenvalue weighted by Crippen LogP contribution is 2.21. The van der Waals surface area contributed by atoms with Gasteiger partial charge in [0.2, 0.25) is 5.91 Å². The van der Waals surface area contributed by atoms with Gasteiger partial charge >= 0.3 is 0 Å². The van der Waals surface area contributed by atoms with Gasteiger partial charge in [-0.25, -0.2) is 0 Å². The third kappa shape index (κ3) is 3.82. The van der Waals surface area contributed by atoms with Crippen molar-refractivity contribution in [2.24, 2.45) is 0 Å². The van der Waals surface area contributed by atoms with Crippen LogP contribution in [-0.4, -0.2) is 81.3 Å². The maximum absolute atomic E-state index is 12.6. The normalized spacial score (nSPS) is 20.8. The number of methoxy groups -OCH3 is 1. The van der Waals surface area contributed by atoms with Crippen LogP contribution in [0.15, 0.2) is 24.3 Å². The first-order chi connectivity index (χ1) is 11.7. The second-order valence-corrected chi connectivity index (χ2v) is 6.33. The van der Waals surface area contributed by atoms with Crippen molar-refractivity contribution in [1.82, 2.24) is 9.80 Å². The highest BCUT2D eigenvalue weighted by atomic mass is 16.5. The van der Waals surface area contributed by atoms with E-state index < -0.39 is 0 Å². The molecule has 2 fully saturated rings. The summed E-state index contributed by atoms with van der Waals surface area (Å²) in [7, 11) is 1.68. The van der Waals surface area contributed by atoms with Crippen LogP contribution in [0.5, 0.6) is 5.75 Å². The van der Waals surface area contributed by atoms with Crippen molar-refractivity contribution in [2.75, 3.05) is 64.5 Å². The molecule has 0 N–H and O–H groups in total. The molecule has 2 aliphatic heterocycles. The predicted octanol–water partition coefficient (Wildman–Crippen LogP) is 1.06. The number of rotatable bonds is 4. The second kappa shape index (κ2) is 7.85. The fourth-order valence-electron chi connectivity index (χ4n) is 3.36. The largest absolute Gasteiger partial charge is 0.497 e. The Morgan fingerprint density at radius 3 is 2.25 bits per heavy atom. The van der Waals surface area contributed by atoms with Crippen molar-refractivity contribution in [3.63, 3.8) is 0 Å². The Hall–Kier alpha value is -1.79. The molecule has 1 unspecified atom stereocenters. The molecule has 2 heterocycles. The minimum atomic E-state index is -0.0545. The van der Waals surface area contributed by atoms with Gasteiger partial charge in [-0.05, 0) is 31.2 Å². The van der Waals surface area contributed by atoms with Crippen LogP contribution in [-0.2, 0) is 9.53 Å². The van der Waals surface area contributed by atoms with E-state index in [1.54, 1.807) is 7.11 Å². The molecule has 1 atom stereocenters. The Kier molecular flexibility index (Phi) is 5.58. The number of nitrogens with zero attached hydrogens (tertiary/aromatic N) is 3. The lowest BCUT2D eigenvalue weighted by atomic mass is 10.1. The highest BCUT2D eigenvalue weighted by Gasteiger charge is 2.29. The standard InChI is InChI=1S/C18H27N3O3/c1-15(18(22)21-11-13-24-14-12-21)19-7-9-20(10-8-19)16-3-5-17(23-2)6-4-16/h3-6,15H,7-14H2,1-2H3. The van der Waals surface area contributed by atoms with Crippen LogP contribution >= 0.6 is 0 Å². The van der Waals surface area contributed by atoms with Crippen LogP contribution in [0.4, 0.5) is 5.69 Å². The molecule has 1 aromatic carbocycles. The van der Waals surface area contributed by atoms with Crippen molar-refractivity contribution in [2.45, 2.75) is 13.0 Å². The van der Waals surface area contributed by atoms with Crippen molar-refractivity contribution in [1.29, 1.82) is 0 Å². The molecule has 1 amide bonds. The Morgan fingerprint density at radius 2 is 1.67 bits per heavy atom. The molecule has 3 rings (SSSR count). The van der Waals surface area contributed by atoms with Gasteiger partial charge in [-0.3, -0.25) is 9.69 Å². The zero-order chi connectivity index (χ0) is 16.9. The molecule has 0 bridgehead atoms. The Labute approximate surface area is 143 Å². The van der Waals surface area contributed by atoms with Crippen molar-refractivity contribution in [3.05, 3.63) is 24.3 Å². The minimum Gasteiger partial charge on any atom is -0.497 e. The lowest BCUT2D eigenvalue weighted by Crippen LogP contribution is -2.56. The number of carbonyl (C=O) groups excluding carboxylic acids is 1. The van der Waals surface area contributed by atoms with E-state index >= 15 is 0 Å². The van der Waals surface area contributed by atoms with Crippen LogP contribution < -0.4 is 9.64 Å². The molecule has 2 saturated heterocycles. The molecule has 6 nitrogen and oxygen atoms in total. The number of piperazine rings is 1. The summed E-state index contributed by atoms with van der Waals surface area (Å²) in [5.41, 5.74) is 1.21. The minimum absolute atomic E-state index is 0.0545. The molecule has 0 aromatic heterocycles. The number of ether oxygens (including phenoxy) is 2. The quantitative estimate of drug-likeness (QED) is 0.825. The molecule has 0 radical (unpaired) electrons. The molecular formula is C18H27N3O3. The SMILES string of the molecule is COc1ccc(N2CCN(C(C)C(=O)N3CCOCC3)CC2)cc1. The van der Waals surface area contributed by atoms with Crippen LogP contribution in [0.3, 0.4) is 0 Å². The van der Waals surface area contributed by atoms with E-state index in [-0.39, 0.29) is 11.9 Å². The molecule has 1 aromatic rings. The number of carbonyl (C=O) groups is 1. The number of hydrogen-bond donors (Lipinski definition) is 0. The van der Waals surface area contributed by atoms with Crippen molar-refractivity contribution in [3.8, 4) is 5.75 Å². The number of hydrogen-bond acceptors (Lipinski definition) is 5. The molecular weight excluding hydrogens is 306 g/mol. The zero-order valence-corrected chi connectivity index (χ0v) is 14.6.